The van der Waals surface area contributed by atoms with Crippen molar-refractivity contribution in [2.75, 3.05) is 19.3 Å². The maximum atomic E-state index is 5.69. The van der Waals surface area contributed by atoms with Gasteiger partial charge in [0, 0.05) is 18.8 Å². The molecule has 0 unspecified atom stereocenters. The number of rotatable bonds is 3. The van der Waals surface area contributed by atoms with Gasteiger partial charge in [-0.3, -0.25) is 0 Å². The molecule has 1 aromatic heterocycles. The summed E-state index contributed by atoms with van der Waals surface area (Å²) in [6, 6.07) is 1.80. The van der Waals surface area contributed by atoms with E-state index in [1.165, 1.54) is 11.8 Å². The smallest absolute Gasteiger partial charge is 0.217 e. The minimum Gasteiger partial charge on any atom is -0.473 e. The number of nitrogens with one attached hydrogen (secondary N) is 1. The third-order valence-corrected chi connectivity index (χ3v) is 2.65. The fourth-order valence-corrected chi connectivity index (χ4v) is 1.74. The van der Waals surface area contributed by atoms with Gasteiger partial charge in [0.05, 0.1) is 0 Å². The van der Waals surface area contributed by atoms with Crippen LogP contribution in [0.1, 0.15) is 6.42 Å². The molecule has 0 bridgehead atoms. The van der Waals surface area contributed by atoms with Gasteiger partial charge in [-0.2, -0.15) is 4.98 Å². The lowest BCUT2D eigenvalue weighted by molar-refractivity contribution is 0.212. The number of thioether (sulfide) groups is 1. The molecule has 2 rings (SSSR count). The van der Waals surface area contributed by atoms with Crippen LogP contribution in [-0.2, 0) is 0 Å². The molecular formula is C9H13N3OS. The van der Waals surface area contributed by atoms with Crippen LogP contribution in [0.2, 0.25) is 0 Å². The number of hydrogen-bond donors (Lipinski definition) is 1. The maximum absolute atomic E-state index is 5.69. The quantitative estimate of drug-likeness (QED) is 0.595. The summed E-state index contributed by atoms with van der Waals surface area (Å²) in [7, 11) is 0. The van der Waals surface area contributed by atoms with Crippen molar-refractivity contribution in [1.82, 2.24) is 15.3 Å². The molecule has 76 valence electrons. The Labute approximate surface area is 87.5 Å². The molecule has 4 nitrogen and oxygen atoms in total. The molecule has 1 fully saturated rings. The van der Waals surface area contributed by atoms with Crippen LogP contribution in [0.25, 0.3) is 0 Å². The van der Waals surface area contributed by atoms with Crippen molar-refractivity contribution in [2.24, 2.45) is 0 Å². The van der Waals surface area contributed by atoms with E-state index in [1.54, 1.807) is 12.3 Å². The molecule has 0 saturated carbocycles. The van der Waals surface area contributed by atoms with E-state index < -0.39 is 0 Å². The first-order valence-corrected chi connectivity index (χ1v) is 5.85. The van der Waals surface area contributed by atoms with Gasteiger partial charge in [0.25, 0.3) is 0 Å². The van der Waals surface area contributed by atoms with Gasteiger partial charge in [-0.05, 0) is 19.2 Å². The fraction of sp³-hybridized carbons (Fsp3) is 0.556. The summed E-state index contributed by atoms with van der Waals surface area (Å²) in [5.74, 6) is 0.679. The SMILES string of the molecule is CSc1nccc(O[C@@H]2CCNC2)n1. The van der Waals surface area contributed by atoms with Crippen LogP contribution in [0, 0.1) is 0 Å². The van der Waals surface area contributed by atoms with Gasteiger partial charge in [0.1, 0.15) is 6.10 Å². The Bertz CT molecular complexity index is 302. The van der Waals surface area contributed by atoms with Gasteiger partial charge in [-0.25, -0.2) is 4.98 Å². The normalized spacial score (nSPS) is 21.1. The van der Waals surface area contributed by atoms with Crippen molar-refractivity contribution in [2.45, 2.75) is 17.7 Å². The average Bonchev–Trinajstić information content (AvgIpc) is 2.71. The lowest BCUT2D eigenvalue weighted by atomic mass is 10.3. The minimum absolute atomic E-state index is 0.264. The fourth-order valence-electron chi connectivity index (χ4n) is 1.39. The first-order valence-electron chi connectivity index (χ1n) is 4.63. The van der Waals surface area contributed by atoms with Gasteiger partial charge in [0.15, 0.2) is 5.16 Å². The van der Waals surface area contributed by atoms with Gasteiger partial charge in [-0.15, -0.1) is 0 Å². The topological polar surface area (TPSA) is 47.0 Å². The van der Waals surface area contributed by atoms with Crippen molar-refractivity contribution in [3.05, 3.63) is 12.3 Å². The Morgan fingerprint density at radius 3 is 3.29 bits per heavy atom. The van der Waals surface area contributed by atoms with Gasteiger partial charge in [0.2, 0.25) is 5.88 Å². The predicted molar refractivity (Wildman–Crippen MR) is 55.7 cm³/mol. The Kier molecular flexibility index (Phi) is 3.21. The zero-order valence-electron chi connectivity index (χ0n) is 8.06. The van der Waals surface area contributed by atoms with Crippen LogP contribution in [0.15, 0.2) is 17.4 Å². The summed E-state index contributed by atoms with van der Waals surface area (Å²) < 4.78 is 5.69. The van der Waals surface area contributed by atoms with E-state index in [0.29, 0.717) is 5.88 Å². The first-order chi connectivity index (χ1) is 6.88. The monoisotopic (exact) mass is 211 g/mol. The molecule has 2 heterocycles. The molecular weight excluding hydrogens is 198 g/mol. The molecule has 0 aliphatic carbocycles. The molecule has 1 saturated heterocycles. The Morgan fingerprint density at radius 1 is 1.64 bits per heavy atom. The van der Waals surface area contributed by atoms with Gasteiger partial charge >= 0.3 is 0 Å². The van der Waals surface area contributed by atoms with E-state index in [4.69, 9.17) is 4.74 Å². The summed E-state index contributed by atoms with van der Waals surface area (Å²) in [5.41, 5.74) is 0. The molecule has 1 aliphatic rings. The van der Waals surface area contributed by atoms with E-state index in [1.807, 2.05) is 6.26 Å². The number of aromatic nitrogens is 2. The highest BCUT2D eigenvalue weighted by Crippen LogP contribution is 2.15. The van der Waals surface area contributed by atoms with Crippen LogP contribution in [0.4, 0.5) is 0 Å². The average molecular weight is 211 g/mol. The first kappa shape index (κ1) is 9.73. The third kappa shape index (κ3) is 2.36. The van der Waals surface area contributed by atoms with Gasteiger partial charge in [-0.1, -0.05) is 11.8 Å². The Hall–Kier alpha value is -0.810. The lowest BCUT2D eigenvalue weighted by Crippen LogP contribution is -2.20. The second kappa shape index (κ2) is 4.61. The summed E-state index contributed by atoms with van der Waals surface area (Å²) >= 11 is 1.52. The second-order valence-electron chi connectivity index (χ2n) is 3.11. The van der Waals surface area contributed by atoms with E-state index in [2.05, 4.69) is 15.3 Å². The van der Waals surface area contributed by atoms with E-state index >= 15 is 0 Å². The van der Waals surface area contributed by atoms with E-state index in [-0.39, 0.29) is 6.10 Å². The highest BCUT2D eigenvalue weighted by molar-refractivity contribution is 7.98. The summed E-state index contributed by atoms with van der Waals surface area (Å²) in [5, 5.41) is 4.01. The number of nitrogens with zero attached hydrogens (tertiary/aromatic N) is 2. The second-order valence-corrected chi connectivity index (χ2v) is 3.89. The van der Waals surface area contributed by atoms with E-state index in [9.17, 15) is 0 Å². The van der Waals surface area contributed by atoms with Crippen molar-refractivity contribution in [3.63, 3.8) is 0 Å². The minimum atomic E-state index is 0.264. The van der Waals surface area contributed by atoms with E-state index in [0.717, 1.165) is 24.7 Å². The Morgan fingerprint density at radius 2 is 2.57 bits per heavy atom. The van der Waals surface area contributed by atoms with Crippen LogP contribution in [0.5, 0.6) is 5.88 Å². The van der Waals surface area contributed by atoms with Crippen molar-refractivity contribution >= 4 is 11.8 Å². The Balaban J connectivity index is 2.00. The van der Waals surface area contributed by atoms with Crippen LogP contribution < -0.4 is 10.1 Å². The zero-order chi connectivity index (χ0) is 9.80. The van der Waals surface area contributed by atoms with Crippen molar-refractivity contribution in [1.29, 1.82) is 0 Å². The number of hydrogen-bond acceptors (Lipinski definition) is 5. The van der Waals surface area contributed by atoms with Crippen LogP contribution in [-0.4, -0.2) is 35.4 Å². The van der Waals surface area contributed by atoms with Crippen molar-refractivity contribution in [3.8, 4) is 5.88 Å². The number of ether oxygens (including phenoxy) is 1. The molecule has 14 heavy (non-hydrogen) atoms. The molecule has 0 spiro atoms. The molecule has 1 N–H and O–H groups in total. The van der Waals surface area contributed by atoms with Crippen LogP contribution in [0.3, 0.4) is 0 Å². The molecule has 5 heteroatoms. The highest BCUT2D eigenvalue weighted by Gasteiger charge is 2.16. The molecule has 1 aromatic rings. The predicted octanol–water partition coefficient (Wildman–Crippen LogP) is 0.939. The lowest BCUT2D eigenvalue weighted by Gasteiger charge is -2.11. The summed E-state index contributed by atoms with van der Waals surface area (Å²) in [6.45, 7) is 1.95. The summed E-state index contributed by atoms with van der Waals surface area (Å²) in [6.07, 6.45) is 5.00. The molecule has 1 atom stereocenters. The molecule has 0 aromatic carbocycles. The molecule has 0 radical (unpaired) electrons. The maximum Gasteiger partial charge on any atom is 0.217 e. The standard InChI is InChI=1S/C9H13N3OS/c1-14-9-11-5-3-8(12-9)13-7-2-4-10-6-7/h3,5,7,10H,2,4,6H2,1H3/t7-/m1/s1. The third-order valence-electron chi connectivity index (χ3n) is 2.09. The summed E-state index contributed by atoms with van der Waals surface area (Å²) in [4.78, 5) is 8.35. The highest BCUT2D eigenvalue weighted by atomic mass is 32.2. The van der Waals surface area contributed by atoms with Gasteiger partial charge < -0.3 is 10.1 Å². The van der Waals surface area contributed by atoms with Crippen molar-refractivity contribution < 1.29 is 4.74 Å². The zero-order valence-corrected chi connectivity index (χ0v) is 8.88. The van der Waals surface area contributed by atoms with Crippen LogP contribution >= 0.6 is 11.8 Å². The molecule has 1 aliphatic heterocycles. The largest absolute Gasteiger partial charge is 0.473 e. The molecule has 0 amide bonds.